The molecule has 0 saturated carbocycles. The lowest BCUT2D eigenvalue weighted by Gasteiger charge is -2.18. The van der Waals surface area contributed by atoms with E-state index in [0.717, 1.165) is 0 Å². The van der Waals surface area contributed by atoms with Crippen molar-refractivity contribution in [3.8, 4) is 5.75 Å². The molecule has 0 aromatic heterocycles. The molecule has 5 rings (SSSR count). The van der Waals surface area contributed by atoms with Gasteiger partial charge in [0.05, 0.1) is 0 Å². The number of anilines is 2. The van der Waals surface area contributed by atoms with Crippen LogP contribution >= 0.6 is 23.4 Å². The molecule has 240 valence electrons. The third-order valence-corrected chi connectivity index (χ3v) is 8.55. The standard InChI is InChI=1S/C37H28ClN3O6S/c38-30-14-8-7-13-25(30)21-31(41-34(43)24-11-5-2-6-12-24)35(44)39-26-15-18-28(19-16-26)48-33(23-9-3-1-4-10-23)36(45)40-27-17-20-32(42)29(22-27)37(46)47/h1-22,33,42H,(H,39,44)(H,40,45)(H,41,43)(H,46,47)/b31-21-. The van der Waals surface area contributed by atoms with Crippen molar-refractivity contribution >= 4 is 64.5 Å². The maximum atomic E-state index is 13.5. The second kappa shape index (κ2) is 15.6. The van der Waals surface area contributed by atoms with Gasteiger partial charge in [0.15, 0.2) is 0 Å². The van der Waals surface area contributed by atoms with Crippen LogP contribution < -0.4 is 16.0 Å². The van der Waals surface area contributed by atoms with Crippen molar-refractivity contribution < 1.29 is 29.4 Å². The molecule has 1 atom stereocenters. The lowest BCUT2D eigenvalue weighted by Crippen LogP contribution is -2.30. The molecule has 0 heterocycles. The molecule has 0 saturated heterocycles. The fourth-order valence-corrected chi connectivity index (χ4v) is 5.75. The molecule has 0 spiro atoms. The summed E-state index contributed by atoms with van der Waals surface area (Å²) in [6, 6.07) is 35.1. The number of amides is 3. The van der Waals surface area contributed by atoms with E-state index in [1.807, 2.05) is 30.3 Å². The van der Waals surface area contributed by atoms with Gasteiger partial charge in [-0.2, -0.15) is 0 Å². The van der Waals surface area contributed by atoms with E-state index in [-0.39, 0.29) is 16.9 Å². The number of phenols is 1. The molecule has 48 heavy (non-hydrogen) atoms. The number of carboxylic acids is 1. The summed E-state index contributed by atoms with van der Waals surface area (Å²) in [5.74, 6) is -3.18. The molecule has 0 aliphatic heterocycles. The number of hydrogen-bond acceptors (Lipinski definition) is 6. The summed E-state index contributed by atoms with van der Waals surface area (Å²) in [5.41, 5.74) is 1.93. The number of benzene rings is 5. The summed E-state index contributed by atoms with van der Waals surface area (Å²) in [6.45, 7) is 0. The minimum atomic E-state index is -1.32. The monoisotopic (exact) mass is 677 g/mol. The second-order valence-electron chi connectivity index (χ2n) is 10.3. The Kier molecular flexibility index (Phi) is 10.9. The van der Waals surface area contributed by atoms with E-state index in [1.165, 1.54) is 36.0 Å². The minimum Gasteiger partial charge on any atom is -0.507 e. The van der Waals surface area contributed by atoms with Gasteiger partial charge in [-0.3, -0.25) is 14.4 Å². The molecule has 5 aromatic rings. The molecule has 5 N–H and O–H groups in total. The Morgan fingerprint density at radius 2 is 1.35 bits per heavy atom. The molecule has 0 bridgehead atoms. The molecule has 5 aromatic carbocycles. The third kappa shape index (κ3) is 8.69. The first-order chi connectivity index (χ1) is 23.2. The van der Waals surface area contributed by atoms with Crippen LogP contribution in [0.3, 0.4) is 0 Å². The lowest BCUT2D eigenvalue weighted by molar-refractivity contribution is -0.116. The predicted octanol–water partition coefficient (Wildman–Crippen LogP) is 7.63. The molecular weight excluding hydrogens is 650 g/mol. The van der Waals surface area contributed by atoms with E-state index in [1.54, 1.807) is 78.9 Å². The van der Waals surface area contributed by atoms with Gasteiger partial charge in [0.1, 0.15) is 22.3 Å². The average molecular weight is 678 g/mol. The molecule has 0 aliphatic carbocycles. The van der Waals surface area contributed by atoms with Gasteiger partial charge in [-0.1, -0.05) is 78.3 Å². The number of aromatic hydroxyl groups is 1. The Morgan fingerprint density at radius 1 is 0.729 bits per heavy atom. The normalized spacial score (nSPS) is 11.6. The fraction of sp³-hybridized carbons (Fsp3) is 0.0270. The SMILES string of the molecule is O=C(Nc1ccc(SC(C(=O)Nc2ccc(O)c(C(=O)O)c2)c2ccccc2)cc1)/C(=C/c1ccccc1Cl)NC(=O)c1ccccc1. The van der Waals surface area contributed by atoms with Crippen molar-refractivity contribution in [2.75, 3.05) is 10.6 Å². The van der Waals surface area contributed by atoms with E-state index >= 15 is 0 Å². The van der Waals surface area contributed by atoms with Crippen molar-refractivity contribution in [3.63, 3.8) is 0 Å². The van der Waals surface area contributed by atoms with Crippen LogP contribution in [0.1, 0.15) is 37.1 Å². The highest BCUT2D eigenvalue weighted by molar-refractivity contribution is 8.00. The van der Waals surface area contributed by atoms with Crippen molar-refractivity contribution in [1.29, 1.82) is 0 Å². The summed E-state index contributed by atoms with van der Waals surface area (Å²) >= 11 is 7.58. The molecule has 11 heteroatoms. The van der Waals surface area contributed by atoms with Gasteiger partial charge in [-0.15, -0.1) is 11.8 Å². The topological polar surface area (TPSA) is 145 Å². The average Bonchev–Trinajstić information content (AvgIpc) is 3.10. The maximum Gasteiger partial charge on any atom is 0.339 e. The molecule has 0 aliphatic rings. The van der Waals surface area contributed by atoms with Crippen molar-refractivity contribution in [3.05, 3.63) is 160 Å². The molecule has 3 amide bonds. The highest BCUT2D eigenvalue weighted by Crippen LogP contribution is 2.37. The van der Waals surface area contributed by atoms with E-state index in [0.29, 0.717) is 32.3 Å². The van der Waals surface area contributed by atoms with Gasteiger partial charge in [-0.05, 0) is 77.9 Å². The number of rotatable bonds is 11. The van der Waals surface area contributed by atoms with Crippen LogP contribution in [0.4, 0.5) is 11.4 Å². The third-order valence-electron chi connectivity index (χ3n) is 6.93. The van der Waals surface area contributed by atoms with E-state index in [9.17, 15) is 29.4 Å². The largest absolute Gasteiger partial charge is 0.507 e. The van der Waals surface area contributed by atoms with Crippen LogP contribution in [-0.2, 0) is 9.59 Å². The zero-order chi connectivity index (χ0) is 34.0. The Hall–Kier alpha value is -5.84. The highest BCUT2D eigenvalue weighted by Gasteiger charge is 2.23. The van der Waals surface area contributed by atoms with E-state index in [2.05, 4.69) is 16.0 Å². The zero-order valence-electron chi connectivity index (χ0n) is 25.1. The van der Waals surface area contributed by atoms with Crippen molar-refractivity contribution in [2.24, 2.45) is 0 Å². The Morgan fingerprint density at radius 3 is 2.02 bits per heavy atom. The summed E-state index contributed by atoms with van der Waals surface area (Å²) in [4.78, 5) is 52.0. The first-order valence-corrected chi connectivity index (χ1v) is 15.8. The highest BCUT2D eigenvalue weighted by atomic mass is 35.5. The molecule has 9 nitrogen and oxygen atoms in total. The van der Waals surface area contributed by atoms with Gasteiger partial charge < -0.3 is 26.2 Å². The van der Waals surface area contributed by atoms with Crippen LogP contribution in [0.2, 0.25) is 5.02 Å². The van der Waals surface area contributed by atoms with Crippen LogP contribution in [0.5, 0.6) is 5.75 Å². The maximum absolute atomic E-state index is 13.5. The molecule has 0 fully saturated rings. The van der Waals surface area contributed by atoms with Crippen LogP contribution in [0.15, 0.2) is 138 Å². The fourth-order valence-electron chi connectivity index (χ4n) is 4.54. The first kappa shape index (κ1) is 33.5. The predicted molar refractivity (Wildman–Crippen MR) is 187 cm³/mol. The van der Waals surface area contributed by atoms with Crippen molar-refractivity contribution in [2.45, 2.75) is 10.1 Å². The number of thioether (sulfide) groups is 1. The zero-order valence-corrected chi connectivity index (χ0v) is 26.7. The second-order valence-corrected chi connectivity index (χ2v) is 11.9. The van der Waals surface area contributed by atoms with Gasteiger partial charge >= 0.3 is 5.97 Å². The van der Waals surface area contributed by atoms with Gasteiger partial charge in [0.25, 0.3) is 11.8 Å². The number of halogens is 1. The van der Waals surface area contributed by atoms with Crippen LogP contribution in [0.25, 0.3) is 6.08 Å². The number of nitrogens with one attached hydrogen (secondary N) is 3. The Balaban J connectivity index is 1.34. The molecular formula is C37H28ClN3O6S. The van der Waals surface area contributed by atoms with E-state index < -0.39 is 34.7 Å². The van der Waals surface area contributed by atoms with Crippen LogP contribution in [-0.4, -0.2) is 33.9 Å². The number of carbonyl (C=O) groups is 4. The van der Waals surface area contributed by atoms with Crippen molar-refractivity contribution in [1.82, 2.24) is 5.32 Å². The van der Waals surface area contributed by atoms with Gasteiger partial charge in [0.2, 0.25) is 5.91 Å². The van der Waals surface area contributed by atoms with Crippen LogP contribution in [0, 0.1) is 0 Å². The number of carbonyl (C=O) groups excluding carboxylic acids is 3. The summed E-state index contributed by atoms with van der Waals surface area (Å²) in [5, 5.41) is 27.1. The first-order valence-electron chi connectivity index (χ1n) is 14.5. The summed E-state index contributed by atoms with van der Waals surface area (Å²) < 4.78 is 0. The minimum absolute atomic E-state index is 0.0171. The smallest absolute Gasteiger partial charge is 0.339 e. The Labute approximate surface area is 285 Å². The van der Waals surface area contributed by atoms with E-state index in [4.69, 9.17) is 11.6 Å². The lowest BCUT2D eigenvalue weighted by atomic mass is 10.1. The number of carboxylic acid groups (broad SMARTS) is 1. The van der Waals surface area contributed by atoms with Gasteiger partial charge in [-0.25, -0.2) is 4.79 Å². The molecule has 1 unspecified atom stereocenters. The van der Waals surface area contributed by atoms with Gasteiger partial charge in [0, 0.05) is 26.9 Å². The number of aromatic carboxylic acids is 1. The summed E-state index contributed by atoms with van der Waals surface area (Å²) in [7, 11) is 0. The molecule has 0 radical (unpaired) electrons. The number of hydrogen-bond donors (Lipinski definition) is 5. The summed E-state index contributed by atoms with van der Waals surface area (Å²) in [6.07, 6.45) is 1.50. The quantitative estimate of drug-likeness (QED) is 0.0549. The Bertz CT molecular complexity index is 1990.